The number of aliphatic hydroxyl groups is 1. The Bertz CT molecular complexity index is 1260. The van der Waals surface area contributed by atoms with E-state index in [1.54, 1.807) is 19.5 Å². The summed E-state index contributed by atoms with van der Waals surface area (Å²) in [5.74, 6) is 0.837. The first-order valence-corrected chi connectivity index (χ1v) is 11.9. The normalized spacial score (nSPS) is 11.5. The lowest BCUT2D eigenvalue weighted by Gasteiger charge is -2.22. The molecule has 0 bridgehead atoms. The number of hydrogen-bond donors (Lipinski definition) is 3. The molecular weight excluding hydrogens is 446 g/mol. The minimum Gasteiger partial charge on any atom is -0.395 e. The number of anilines is 2. The van der Waals surface area contributed by atoms with E-state index in [-0.39, 0.29) is 12.6 Å². The Kier molecular flexibility index (Phi) is 8.35. The van der Waals surface area contributed by atoms with Crippen LogP contribution >= 0.6 is 0 Å². The maximum Gasteiger partial charge on any atom is 0.222 e. The molecule has 0 atom stereocenters. The first-order chi connectivity index (χ1) is 17.1. The number of rotatable bonds is 13. The Morgan fingerprint density at radius 2 is 1.86 bits per heavy atom. The summed E-state index contributed by atoms with van der Waals surface area (Å²) in [5, 5.41) is 17.7. The van der Waals surface area contributed by atoms with Gasteiger partial charge in [0.05, 0.1) is 37.0 Å². The SMILES string of the molecule is CCCCN(CCO)c1nc(N)nc2cn(Cc3ccc(CNCCOC)c4nccnc34)nc12. The topological polar surface area (TPSA) is 140 Å². The Labute approximate surface area is 204 Å². The van der Waals surface area contributed by atoms with Gasteiger partial charge in [0.2, 0.25) is 5.95 Å². The molecular formula is C24H33N9O2. The summed E-state index contributed by atoms with van der Waals surface area (Å²) in [6, 6.07) is 4.14. The van der Waals surface area contributed by atoms with Gasteiger partial charge in [0.15, 0.2) is 11.3 Å². The number of aromatic nitrogens is 6. The molecule has 35 heavy (non-hydrogen) atoms. The largest absolute Gasteiger partial charge is 0.395 e. The highest BCUT2D eigenvalue weighted by atomic mass is 16.5. The minimum absolute atomic E-state index is 0.0210. The van der Waals surface area contributed by atoms with Crippen LogP contribution in [-0.4, -0.2) is 74.8 Å². The van der Waals surface area contributed by atoms with Crippen LogP contribution in [0.4, 0.5) is 11.8 Å². The van der Waals surface area contributed by atoms with E-state index in [4.69, 9.17) is 15.6 Å². The number of benzene rings is 1. The van der Waals surface area contributed by atoms with Crippen molar-refractivity contribution in [1.82, 2.24) is 35.0 Å². The number of ether oxygens (including phenoxy) is 1. The minimum atomic E-state index is 0.0210. The smallest absolute Gasteiger partial charge is 0.222 e. The summed E-state index contributed by atoms with van der Waals surface area (Å²) in [6.07, 6.45) is 7.30. The fourth-order valence-corrected chi connectivity index (χ4v) is 4.07. The van der Waals surface area contributed by atoms with E-state index in [9.17, 15) is 5.11 Å². The van der Waals surface area contributed by atoms with E-state index in [1.807, 2.05) is 15.8 Å². The van der Waals surface area contributed by atoms with Gasteiger partial charge >= 0.3 is 0 Å². The molecule has 0 aliphatic carbocycles. The van der Waals surface area contributed by atoms with Crippen molar-refractivity contribution in [2.75, 3.05) is 50.6 Å². The molecule has 0 aliphatic rings. The lowest BCUT2D eigenvalue weighted by Crippen LogP contribution is -2.29. The Morgan fingerprint density at radius 3 is 2.60 bits per heavy atom. The second-order valence-corrected chi connectivity index (χ2v) is 8.34. The predicted molar refractivity (Wildman–Crippen MR) is 136 cm³/mol. The van der Waals surface area contributed by atoms with Crippen molar-refractivity contribution in [1.29, 1.82) is 0 Å². The van der Waals surface area contributed by atoms with Crippen molar-refractivity contribution >= 4 is 33.8 Å². The average molecular weight is 480 g/mol. The molecule has 3 heterocycles. The molecule has 0 fully saturated rings. The van der Waals surface area contributed by atoms with Gasteiger partial charge in [0.1, 0.15) is 5.52 Å². The van der Waals surface area contributed by atoms with E-state index in [2.05, 4.69) is 44.3 Å². The second-order valence-electron chi connectivity index (χ2n) is 8.34. The van der Waals surface area contributed by atoms with Crippen molar-refractivity contribution in [3.63, 3.8) is 0 Å². The fraction of sp³-hybridized carbons (Fsp3) is 0.458. The van der Waals surface area contributed by atoms with Crippen LogP contribution < -0.4 is 16.0 Å². The fourth-order valence-electron chi connectivity index (χ4n) is 4.07. The van der Waals surface area contributed by atoms with Crippen LogP contribution in [0.2, 0.25) is 0 Å². The molecule has 0 spiro atoms. The van der Waals surface area contributed by atoms with E-state index in [1.165, 1.54) is 0 Å². The van der Waals surface area contributed by atoms with Gasteiger partial charge in [-0.25, -0.2) is 4.98 Å². The number of hydrogen-bond acceptors (Lipinski definition) is 10. The van der Waals surface area contributed by atoms with Gasteiger partial charge in [0, 0.05) is 51.2 Å². The number of methoxy groups -OCH3 is 1. The molecule has 0 saturated heterocycles. The van der Waals surface area contributed by atoms with Gasteiger partial charge in [-0.3, -0.25) is 14.6 Å². The summed E-state index contributed by atoms with van der Waals surface area (Å²) in [5.41, 5.74) is 11.1. The van der Waals surface area contributed by atoms with Crippen LogP contribution in [0, 0.1) is 0 Å². The molecule has 11 nitrogen and oxygen atoms in total. The number of nitrogens with one attached hydrogen (secondary N) is 1. The molecule has 4 N–H and O–H groups in total. The van der Waals surface area contributed by atoms with Gasteiger partial charge in [0.25, 0.3) is 0 Å². The zero-order chi connectivity index (χ0) is 24.6. The number of nitrogens with zero attached hydrogens (tertiary/aromatic N) is 7. The Morgan fingerprint density at radius 1 is 1.09 bits per heavy atom. The van der Waals surface area contributed by atoms with Gasteiger partial charge in [-0.2, -0.15) is 10.1 Å². The predicted octanol–water partition coefficient (Wildman–Crippen LogP) is 1.73. The summed E-state index contributed by atoms with van der Waals surface area (Å²) in [4.78, 5) is 20.1. The van der Waals surface area contributed by atoms with Crippen LogP contribution in [-0.2, 0) is 17.8 Å². The van der Waals surface area contributed by atoms with Crippen LogP contribution in [0.15, 0.2) is 30.7 Å². The van der Waals surface area contributed by atoms with Crippen molar-refractivity contribution in [2.45, 2.75) is 32.9 Å². The second kappa shape index (κ2) is 11.8. The lowest BCUT2D eigenvalue weighted by molar-refractivity contribution is 0.199. The molecule has 186 valence electrons. The highest BCUT2D eigenvalue weighted by molar-refractivity contribution is 5.86. The maximum absolute atomic E-state index is 9.58. The molecule has 0 aliphatic heterocycles. The average Bonchev–Trinajstić information content (AvgIpc) is 3.27. The molecule has 0 radical (unpaired) electrons. The van der Waals surface area contributed by atoms with Crippen LogP contribution in [0.3, 0.4) is 0 Å². The van der Waals surface area contributed by atoms with Crippen LogP contribution in [0.1, 0.15) is 30.9 Å². The molecule has 1 aromatic carbocycles. The zero-order valence-corrected chi connectivity index (χ0v) is 20.3. The van der Waals surface area contributed by atoms with Gasteiger partial charge in [-0.1, -0.05) is 25.5 Å². The molecule has 0 unspecified atom stereocenters. The third-order valence-electron chi connectivity index (χ3n) is 5.78. The third-order valence-corrected chi connectivity index (χ3v) is 5.78. The van der Waals surface area contributed by atoms with Crippen LogP contribution in [0.25, 0.3) is 22.1 Å². The summed E-state index contributed by atoms with van der Waals surface area (Å²) in [7, 11) is 1.69. The molecule has 11 heteroatoms. The molecule has 0 amide bonds. The number of nitrogens with two attached hydrogens (primary N) is 1. The summed E-state index contributed by atoms with van der Waals surface area (Å²) >= 11 is 0. The van der Waals surface area contributed by atoms with E-state index >= 15 is 0 Å². The third kappa shape index (κ3) is 5.81. The first-order valence-electron chi connectivity index (χ1n) is 11.9. The molecule has 3 aromatic heterocycles. The first kappa shape index (κ1) is 24.7. The molecule has 0 saturated carbocycles. The Balaban J connectivity index is 1.65. The number of nitrogen functional groups attached to an aromatic ring is 1. The summed E-state index contributed by atoms with van der Waals surface area (Å²) in [6.45, 7) is 5.96. The lowest BCUT2D eigenvalue weighted by atomic mass is 10.1. The Hall–Kier alpha value is -3.41. The summed E-state index contributed by atoms with van der Waals surface area (Å²) < 4.78 is 6.94. The number of unbranched alkanes of at least 4 members (excludes halogenated alkanes) is 1. The number of aliphatic hydroxyl groups excluding tert-OH is 1. The molecule has 4 aromatic rings. The maximum atomic E-state index is 9.58. The highest BCUT2D eigenvalue weighted by Crippen LogP contribution is 2.25. The van der Waals surface area contributed by atoms with Crippen molar-refractivity contribution < 1.29 is 9.84 Å². The zero-order valence-electron chi connectivity index (χ0n) is 20.3. The van der Waals surface area contributed by atoms with Gasteiger partial charge < -0.3 is 25.8 Å². The van der Waals surface area contributed by atoms with Crippen molar-refractivity contribution in [2.24, 2.45) is 0 Å². The molecule has 4 rings (SSSR count). The standard InChI is InChI=1S/C24H33N9O2/c1-3-4-10-32(11-12-34)23-22-19(29-24(25)30-23)16-33(31-22)15-18-6-5-17(14-26-9-13-35-2)20-21(18)28-8-7-27-20/h5-8,16,26,34H,3-4,9-15H2,1-2H3,(H2,25,29). The van der Waals surface area contributed by atoms with Crippen molar-refractivity contribution in [3.8, 4) is 0 Å². The van der Waals surface area contributed by atoms with E-state index < -0.39 is 0 Å². The van der Waals surface area contributed by atoms with Gasteiger partial charge in [-0.05, 0) is 12.0 Å². The quantitative estimate of drug-likeness (QED) is 0.243. The van der Waals surface area contributed by atoms with Crippen molar-refractivity contribution in [3.05, 3.63) is 41.9 Å². The van der Waals surface area contributed by atoms with E-state index in [0.29, 0.717) is 43.1 Å². The number of fused-ring (bicyclic) bond motifs is 2. The highest BCUT2D eigenvalue weighted by Gasteiger charge is 2.18. The van der Waals surface area contributed by atoms with E-state index in [0.717, 1.165) is 48.1 Å². The van der Waals surface area contributed by atoms with Gasteiger partial charge in [-0.15, -0.1) is 0 Å². The van der Waals surface area contributed by atoms with Crippen LogP contribution in [0.5, 0.6) is 0 Å². The monoisotopic (exact) mass is 479 g/mol.